The first-order valence-corrected chi connectivity index (χ1v) is 16.0. The van der Waals surface area contributed by atoms with Crippen LogP contribution in [0.2, 0.25) is 0 Å². The summed E-state index contributed by atoms with van der Waals surface area (Å²) in [5.74, 6) is -1.000. The molecule has 0 saturated carbocycles. The summed E-state index contributed by atoms with van der Waals surface area (Å²) in [4.78, 5) is 54.6. The highest BCUT2D eigenvalue weighted by Gasteiger charge is 2.41. The van der Waals surface area contributed by atoms with E-state index < -0.39 is 0 Å². The van der Waals surface area contributed by atoms with Crippen LogP contribution in [0.15, 0.2) is 46.2 Å². The minimum absolute atomic E-state index is 0.146. The molecule has 0 spiro atoms. The van der Waals surface area contributed by atoms with Gasteiger partial charge in [-0.05, 0) is 87.1 Å². The predicted molar refractivity (Wildman–Crippen MR) is 178 cm³/mol. The monoisotopic (exact) mass is 640 g/mol. The van der Waals surface area contributed by atoms with Gasteiger partial charge in [-0.25, -0.2) is 0 Å². The van der Waals surface area contributed by atoms with E-state index in [0.29, 0.717) is 21.5 Å². The van der Waals surface area contributed by atoms with E-state index in [2.05, 4.69) is 10.6 Å². The van der Waals surface area contributed by atoms with Gasteiger partial charge in [0.2, 0.25) is 11.8 Å². The molecule has 2 aliphatic heterocycles. The second-order valence-electron chi connectivity index (χ2n) is 10.2. The Morgan fingerprint density at radius 2 is 1.05 bits per heavy atom. The number of benzene rings is 2. The minimum atomic E-state index is -0.354. The average Bonchev–Trinajstić information content (AvgIpc) is 3.37. The van der Waals surface area contributed by atoms with Gasteiger partial charge in [0.05, 0.1) is 9.81 Å². The van der Waals surface area contributed by atoms with Crippen LogP contribution < -0.4 is 10.6 Å². The van der Waals surface area contributed by atoms with Crippen molar-refractivity contribution in [1.29, 1.82) is 0 Å². The zero-order chi connectivity index (χ0) is 30.6. The van der Waals surface area contributed by atoms with E-state index in [9.17, 15) is 19.2 Å². The number of amides is 4. The largest absolute Gasteiger partial charge is 0.326 e. The molecule has 4 rings (SSSR count). The number of hydrogen-bond donors (Lipinski definition) is 2. The Morgan fingerprint density at radius 1 is 0.667 bits per heavy atom. The lowest BCUT2D eigenvalue weighted by Gasteiger charge is -2.15. The van der Waals surface area contributed by atoms with Gasteiger partial charge in [0, 0.05) is 37.3 Å². The molecule has 4 amide bonds. The number of nitrogens with one attached hydrogen (secondary N) is 2. The van der Waals surface area contributed by atoms with E-state index in [1.807, 2.05) is 64.1 Å². The molecule has 12 heteroatoms. The van der Waals surface area contributed by atoms with Crippen molar-refractivity contribution in [3.63, 3.8) is 0 Å². The van der Waals surface area contributed by atoms with E-state index in [1.54, 1.807) is 0 Å². The molecule has 2 fully saturated rings. The average molecular weight is 641 g/mol. The Kier molecular flexibility index (Phi) is 10.6. The number of carbonyl (C=O) groups excluding carboxylic acids is 4. The van der Waals surface area contributed by atoms with Gasteiger partial charge in [-0.15, -0.1) is 0 Å². The topological polar surface area (TPSA) is 98.8 Å². The molecule has 8 nitrogen and oxygen atoms in total. The van der Waals surface area contributed by atoms with Crippen LogP contribution >= 0.6 is 48.0 Å². The van der Waals surface area contributed by atoms with Gasteiger partial charge in [-0.2, -0.15) is 0 Å². The van der Waals surface area contributed by atoms with Crippen molar-refractivity contribution in [2.24, 2.45) is 0 Å². The van der Waals surface area contributed by atoms with Crippen molar-refractivity contribution in [3.8, 4) is 0 Å². The molecule has 2 heterocycles. The highest BCUT2D eigenvalue weighted by atomic mass is 32.2. The first-order chi connectivity index (χ1) is 19.9. The third kappa shape index (κ3) is 7.66. The summed E-state index contributed by atoms with van der Waals surface area (Å²) in [6, 6.07) is 11.5. The van der Waals surface area contributed by atoms with Gasteiger partial charge in [0.1, 0.15) is 8.64 Å². The lowest BCUT2D eigenvalue weighted by Crippen LogP contribution is -2.31. The second-order valence-corrected chi connectivity index (χ2v) is 13.5. The van der Waals surface area contributed by atoms with Gasteiger partial charge in [-0.1, -0.05) is 60.1 Å². The van der Waals surface area contributed by atoms with Gasteiger partial charge >= 0.3 is 0 Å². The maximum absolute atomic E-state index is 13.2. The maximum Gasteiger partial charge on any atom is 0.267 e. The standard InChI is InChI=1S/C30H32N4O4S4/c1-17-9-11-21(15-19(17)3)31-23(35)7-5-13-33-27(37)25(41-29(33)39)26-28(38)34(30(40)42-26)14-6-8-24(36)32-22-12-10-18(2)20(4)16-22/h9-12,15-16H,5-8,13-14H2,1-4H3,(H,31,35)(H,32,36). The first kappa shape index (κ1) is 31.9. The molecule has 2 aliphatic rings. The smallest absolute Gasteiger partial charge is 0.267 e. The lowest BCUT2D eigenvalue weighted by molar-refractivity contribution is -0.124. The highest BCUT2D eigenvalue weighted by molar-refractivity contribution is 8.29. The van der Waals surface area contributed by atoms with Gasteiger partial charge in [0.15, 0.2) is 0 Å². The Morgan fingerprint density at radius 3 is 1.40 bits per heavy atom. The molecule has 0 aliphatic carbocycles. The van der Waals surface area contributed by atoms with E-state index in [-0.39, 0.29) is 59.4 Å². The van der Waals surface area contributed by atoms with Crippen LogP contribution in [0.4, 0.5) is 11.4 Å². The van der Waals surface area contributed by atoms with Crippen LogP contribution in [0.5, 0.6) is 0 Å². The Balaban J connectivity index is 1.27. The zero-order valence-electron chi connectivity index (χ0n) is 23.9. The predicted octanol–water partition coefficient (Wildman–Crippen LogP) is 5.99. The SMILES string of the molecule is Cc1ccc(NC(=O)CCCN2C(=O)C(=C3SC(=S)N(CCCC(=O)Nc4ccc(C)c(C)c4)C3=O)SC2=S)cc1C. The number of thioether (sulfide) groups is 2. The molecule has 2 saturated heterocycles. The fourth-order valence-electron chi connectivity index (χ4n) is 4.34. The van der Waals surface area contributed by atoms with Crippen molar-refractivity contribution >= 4 is 91.6 Å². The molecule has 0 bridgehead atoms. The molecular formula is C30H32N4O4S4. The Labute approximate surface area is 265 Å². The van der Waals surface area contributed by atoms with Crippen molar-refractivity contribution in [2.45, 2.75) is 53.4 Å². The van der Waals surface area contributed by atoms with Crippen molar-refractivity contribution < 1.29 is 19.2 Å². The normalized spacial score (nSPS) is 17.0. The number of anilines is 2. The van der Waals surface area contributed by atoms with E-state index in [1.165, 1.54) is 9.80 Å². The van der Waals surface area contributed by atoms with Gasteiger partial charge < -0.3 is 10.6 Å². The zero-order valence-corrected chi connectivity index (χ0v) is 27.1. The lowest BCUT2D eigenvalue weighted by atomic mass is 10.1. The molecule has 2 aromatic carbocycles. The minimum Gasteiger partial charge on any atom is -0.326 e. The first-order valence-electron chi connectivity index (χ1n) is 13.5. The molecule has 0 radical (unpaired) electrons. The van der Waals surface area contributed by atoms with Crippen LogP contribution in [-0.4, -0.2) is 55.2 Å². The number of aryl methyl sites for hydroxylation is 4. The molecule has 0 atom stereocenters. The van der Waals surface area contributed by atoms with Crippen molar-refractivity contribution in [1.82, 2.24) is 9.80 Å². The molecule has 0 aromatic heterocycles. The van der Waals surface area contributed by atoms with Gasteiger partial charge in [0.25, 0.3) is 11.8 Å². The van der Waals surface area contributed by atoms with E-state index >= 15 is 0 Å². The highest BCUT2D eigenvalue weighted by Crippen LogP contribution is 2.42. The number of thiocarbonyl (C=S) groups is 2. The quantitative estimate of drug-likeness (QED) is 0.242. The fraction of sp³-hybridized carbons (Fsp3) is 0.333. The van der Waals surface area contributed by atoms with E-state index in [0.717, 1.165) is 57.2 Å². The number of hydrogen-bond acceptors (Lipinski definition) is 8. The number of nitrogens with zero attached hydrogens (tertiary/aromatic N) is 2. The summed E-state index contributed by atoms with van der Waals surface area (Å²) in [5, 5.41) is 5.77. The Hall–Kier alpha value is -3.06. The summed E-state index contributed by atoms with van der Waals surface area (Å²) < 4.78 is 0.690. The summed E-state index contributed by atoms with van der Waals surface area (Å²) in [6.07, 6.45) is 1.28. The van der Waals surface area contributed by atoms with E-state index in [4.69, 9.17) is 24.4 Å². The maximum atomic E-state index is 13.2. The van der Waals surface area contributed by atoms with Crippen LogP contribution in [0, 0.1) is 27.7 Å². The molecule has 2 N–H and O–H groups in total. The number of rotatable bonds is 10. The van der Waals surface area contributed by atoms with Crippen LogP contribution in [-0.2, 0) is 19.2 Å². The van der Waals surface area contributed by atoms with Crippen molar-refractivity contribution in [2.75, 3.05) is 23.7 Å². The van der Waals surface area contributed by atoms with Gasteiger partial charge in [-0.3, -0.25) is 29.0 Å². The second kappa shape index (κ2) is 13.9. The van der Waals surface area contributed by atoms with Crippen LogP contribution in [0.25, 0.3) is 0 Å². The van der Waals surface area contributed by atoms with Crippen LogP contribution in [0.1, 0.15) is 47.9 Å². The summed E-state index contributed by atoms with van der Waals surface area (Å²) in [7, 11) is 0. The summed E-state index contributed by atoms with van der Waals surface area (Å²) in [5.41, 5.74) is 5.95. The third-order valence-corrected chi connectivity index (χ3v) is 10.1. The molecule has 220 valence electrons. The third-order valence-electron chi connectivity index (χ3n) is 7.06. The van der Waals surface area contributed by atoms with Crippen LogP contribution in [0.3, 0.4) is 0 Å². The molecule has 42 heavy (non-hydrogen) atoms. The summed E-state index contributed by atoms with van der Waals surface area (Å²) >= 11 is 13.0. The molecule has 2 aromatic rings. The molecule has 0 unspecified atom stereocenters. The Bertz CT molecular complexity index is 1410. The molecular weight excluding hydrogens is 609 g/mol. The fourth-order valence-corrected chi connectivity index (χ4v) is 7.11. The number of carbonyl (C=O) groups is 4. The van der Waals surface area contributed by atoms with Crippen molar-refractivity contribution in [3.05, 3.63) is 68.5 Å². The summed E-state index contributed by atoms with van der Waals surface area (Å²) in [6.45, 7) is 8.53.